The lowest BCUT2D eigenvalue weighted by molar-refractivity contribution is -0.146. The van der Waals surface area contributed by atoms with E-state index in [2.05, 4.69) is 5.32 Å². The van der Waals surface area contributed by atoms with Gasteiger partial charge in [0.25, 0.3) is 5.91 Å². The second-order valence-corrected chi connectivity index (χ2v) is 5.74. The monoisotopic (exact) mass is 288 g/mol. The van der Waals surface area contributed by atoms with Gasteiger partial charge in [0, 0.05) is 18.4 Å². The van der Waals surface area contributed by atoms with Gasteiger partial charge in [-0.05, 0) is 27.2 Å². The van der Waals surface area contributed by atoms with Gasteiger partial charge in [-0.25, -0.2) is 0 Å². The first kappa shape index (κ1) is 16.3. The van der Waals surface area contributed by atoms with Crippen LogP contribution < -0.4 is 5.32 Å². The number of thioether (sulfide) groups is 1. The summed E-state index contributed by atoms with van der Waals surface area (Å²) in [6, 6.07) is -0.228. The van der Waals surface area contributed by atoms with Crippen LogP contribution in [0.1, 0.15) is 34.1 Å². The molecule has 0 aromatic rings. The Kier molecular flexibility index (Phi) is 6.65. The molecule has 1 heterocycles. The quantitative estimate of drug-likeness (QED) is 0.798. The van der Waals surface area contributed by atoms with E-state index < -0.39 is 6.10 Å². The van der Waals surface area contributed by atoms with Crippen LogP contribution in [-0.2, 0) is 14.3 Å². The maximum atomic E-state index is 12.2. The van der Waals surface area contributed by atoms with E-state index in [0.717, 1.165) is 6.42 Å². The summed E-state index contributed by atoms with van der Waals surface area (Å²) in [4.78, 5) is 26.0. The van der Waals surface area contributed by atoms with Crippen molar-refractivity contribution in [1.29, 1.82) is 0 Å². The first-order valence-corrected chi connectivity index (χ1v) is 7.96. The summed E-state index contributed by atoms with van der Waals surface area (Å²) in [6.07, 6.45) is 0.400. The second-order valence-electron chi connectivity index (χ2n) is 4.74. The number of amides is 2. The predicted octanol–water partition coefficient (Wildman–Crippen LogP) is 1.23. The van der Waals surface area contributed by atoms with Gasteiger partial charge >= 0.3 is 0 Å². The molecule has 0 bridgehead atoms. The molecule has 110 valence electrons. The van der Waals surface area contributed by atoms with E-state index in [1.807, 2.05) is 20.8 Å². The molecule has 19 heavy (non-hydrogen) atoms. The molecule has 0 radical (unpaired) electrons. The Bertz CT molecular complexity index is 325. The fourth-order valence-electron chi connectivity index (χ4n) is 1.87. The van der Waals surface area contributed by atoms with Crippen LogP contribution in [0, 0.1) is 0 Å². The average Bonchev–Trinajstić information content (AvgIpc) is 2.87. The van der Waals surface area contributed by atoms with Crippen LogP contribution in [0.3, 0.4) is 0 Å². The van der Waals surface area contributed by atoms with Gasteiger partial charge in [0.15, 0.2) is 0 Å². The van der Waals surface area contributed by atoms with Crippen molar-refractivity contribution >= 4 is 23.6 Å². The highest BCUT2D eigenvalue weighted by atomic mass is 32.2. The fourth-order valence-corrected chi connectivity index (χ4v) is 3.04. The molecule has 1 aliphatic rings. The van der Waals surface area contributed by atoms with Crippen LogP contribution in [-0.4, -0.2) is 53.1 Å². The van der Waals surface area contributed by atoms with Crippen molar-refractivity contribution in [3.8, 4) is 0 Å². The van der Waals surface area contributed by atoms with E-state index in [1.54, 1.807) is 23.6 Å². The molecule has 1 rings (SSSR count). The molecule has 0 aromatic carbocycles. The molecule has 1 aliphatic heterocycles. The first-order chi connectivity index (χ1) is 9.01. The minimum atomic E-state index is -0.484. The van der Waals surface area contributed by atoms with Gasteiger partial charge in [0.2, 0.25) is 5.91 Å². The molecule has 3 atom stereocenters. The first-order valence-electron chi connectivity index (χ1n) is 6.81. The third-order valence-corrected chi connectivity index (χ3v) is 4.25. The van der Waals surface area contributed by atoms with Gasteiger partial charge < -0.3 is 15.0 Å². The van der Waals surface area contributed by atoms with E-state index >= 15 is 0 Å². The minimum Gasteiger partial charge on any atom is -0.369 e. The van der Waals surface area contributed by atoms with Gasteiger partial charge in [-0.3, -0.25) is 9.59 Å². The minimum absolute atomic E-state index is 0.0589. The molecule has 0 spiro atoms. The topological polar surface area (TPSA) is 58.6 Å². The van der Waals surface area contributed by atoms with Crippen LogP contribution in [0.5, 0.6) is 0 Å². The standard InChI is InChI=1S/C13H24N2O3S/c1-5-9(3)14-12(16)11-7-19-8-15(11)13(17)10(4)18-6-2/h9-11H,5-8H2,1-4H3,(H,14,16)/t9-,10+,11-/m0/s1. The smallest absolute Gasteiger partial charge is 0.252 e. The Morgan fingerprint density at radius 3 is 2.68 bits per heavy atom. The van der Waals surface area contributed by atoms with Crippen molar-refractivity contribution < 1.29 is 14.3 Å². The van der Waals surface area contributed by atoms with Crippen LogP contribution in [0.25, 0.3) is 0 Å². The Balaban J connectivity index is 2.63. The second kappa shape index (κ2) is 7.75. The largest absolute Gasteiger partial charge is 0.369 e. The Labute approximate surface area is 119 Å². The van der Waals surface area contributed by atoms with Crippen molar-refractivity contribution in [2.24, 2.45) is 0 Å². The van der Waals surface area contributed by atoms with Gasteiger partial charge in [-0.1, -0.05) is 6.92 Å². The lowest BCUT2D eigenvalue weighted by Gasteiger charge is -2.26. The van der Waals surface area contributed by atoms with Crippen molar-refractivity contribution in [2.75, 3.05) is 18.2 Å². The van der Waals surface area contributed by atoms with E-state index in [0.29, 0.717) is 18.2 Å². The third-order valence-electron chi connectivity index (χ3n) is 3.23. The van der Waals surface area contributed by atoms with E-state index in [1.165, 1.54) is 0 Å². The normalized spacial score (nSPS) is 22.1. The summed E-state index contributed by atoms with van der Waals surface area (Å²) < 4.78 is 5.31. The van der Waals surface area contributed by atoms with Gasteiger partial charge in [0.1, 0.15) is 12.1 Å². The Morgan fingerprint density at radius 2 is 2.11 bits per heavy atom. The van der Waals surface area contributed by atoms with Crippen molar-refractivity contribution in [3.63, 3.8) is 0 Å². The van der Waals surface area contributed by atoms with Crippen LogP contribution >= 0.6 is 11.8 Å². The van der Waals surface area contributed by atoms with Crippen molar-refractivity contribution in [3.05, 3.63) is 0 Å². The molecule has 0 unspecified atom stereocenters. The average molecular weight is 288 g/mol. The molecular weight excluding hydrogens is 264 g/mol. The van der Waals surface area contributed by atoms with Gasteiger partial charge in [-0.2, -0.15) is 0 Å². The summed E-state index contributed by atoms with van der Waals surface area (Å²) in [5, 5.41) is 2.94. The van der Waals surface area contributed by atoms with Crippen LogP contribution in [0.15, 0.2) is 0 Å². The number of hydrogen-bond donors (Lipinski definition) is 1. The summed E-state index contributed by atoms with van der Waals surface area (Å²) in [7, 11) is 0. The summed E-state index contributed by atoms with van der Waals surface area (Å²) in [5.74, 6) is 1.06. The molecule has 6 heteroatoms. The number of ether oxygens (including phenoxy) is 1. The summed E-state index contributed by atoms with van der Waals surface area (Å²) in [5.41, 5.74) is 0. The molecule has 1 N–H and O–H groups in total. The van der Waals surface area contributed by atoms with Crippen molar-refractivity contribution in [1.82, 2.24) is 10.2 Å². The predicted molar refractivity (Wildman–Crippen MR) is 76.9 cm³/mol. The Morgan fingerprint density at radius 1 is 1.42 bits per heavy atom. The zero-order chi connectivity index (χ0) is 14.4. The van der Waals surface area contributed by atoms with Gasteiger partial charge in [0.05, 0.1) is 5.88 Å². The lowest BCUT2D eigenvalue weighted by Crippen LogP contribution is -2.51. The Hall–Kier alpha value is -0.750. The van der Waals surface area contributed by atoms with Gasteiger partial charge in [-0.15, -0.1) is 11.8 Å². The third kappa shape index (κ3) is 4.38. The highest BCUT2D eigenvalue weighted by Gasteiger charge is 2.36. The number of rotatable bonds is 6. The molecule has 1 fully saturated rings. The number of nitrogens with one attached hydrogen (secondary N) is 1. The molecule has 1 saturated heterocycles. The molecule has 5 nitrogen and oxygen atoms in total. The van der Waals surface area contributed by atoms with E-state index in [9.17, 15) is 9.59 Å². The van der Waals surface area contributed by atoms with Crippen molar-refractivity contribution in [2.45, 2.75) is 52.3 Å². The van der Waals surface area contributed by atoms with E-state index in [4.69, 9.17) is 4.74 Å². The summed E-state index contributed by atoms with van der Waals surface area (Å²) in [6.45, 7) is 8.08. The number of nitrogens with zero attached hydrogens (tertiary/aromatic N) is 1. The molecule has 0 saturated carbocycles. The zero-order valence-electron chi connectivity index (χ0n) is 12.1. The number of carbonyl (C=O) groups excluding carboxylic acids is 2. The van der Waals surface area contributed by atoms with Crippen LogP contribution in [0.2, 0.25) is 0 Å². The lowest BCUT2D eigenvalue weighted by atomic mass is 10.2. The highest BCUT2D eigenvalue weighted by molar-refractivity contribution is 7.99. The molecule has 0 aliphatic carbocycles. The maximum absolute atomic E-state index is 12.2. The maximum Gasteiger partial charge on any atom is 0.252 e. The van der Waals surface area contributed by atoms with Crippen LogP contribution in [0.4, 0.5) is 0 Å². The summed E-state index contributed by atoms with van der Waals surface area (Å²) >= 11 is 1.61. The number of hydrogen-bond acceptors (Lipinski definition) is 4. The molecule has 2 amide bonds. The molecular formula is C13H24N2O3S. The fraction of sp³-hybridized carbons (Fsp3) is 0.846. The zero-order valence-corrected chi connectivity index (χ0v) is 13.0. The molecule has 0 aromatic heterocycles. The highest BCUT2D eigenvalue weighted by Crippen LogP contribution is 2.22. The number of carbonyl (C=O) groups is 2. The van der Waals surface area contributed by atoms with E-state index in [-0.39, 0.29) is 23.9 Å². The SMILES string of the molecule is CCO[C@H](C)C(=O)N1CSC[C@H]1C(=O)N[C@@H](C)CC.